The van der Waals surface area contributed by atoms with E-state index in [1.165, 1.54) is 0 Å². The summed E-state index contributed by atoms with van der Waals surface area (Å²) in [6.45, 7) is 9.07. The third-order valence-corrected chi connectivity index (χ3v) is 6.64. The zero-order valence-corrected chi connectivity index (χ0v) is 22.4. The molecule has 198 valence electrons. The molecule has 0 spiro atoms. The molecule has 1 aromatic carbocycles. The van der Waals surface area contributed by atoms with Gasteiger partial charge in [-0.1, -0.05) is 6.07 Å². The van der Waals surface area contributed by atoms with Gasteiger partial charge in [0, 0.05) is 43.8 Å². The molecule has 2 aromatic rings. The first kappa shape index (κ1) is 26.4. The van der Waals surface area contributed by atoms with Crippen LogP contribution in [0.3, 0.4) is 0 Å². The van der Waals surface area contributed by atoms with Crippen LogP contribution in [-0.2, 0) is 27.3 Å². The Morgan fingerprint density at radius 2 is 2.05 bits per heavy atom. The van der Waals surface area contributed by atoms with E-state index in [0.717, 1.165) is 54.6 Å². The lowest BCUT2D eigenvalue weighted by molar-refractivity contribution is -0.135. The summed E-state index contributed by atoms with van der Waals surface area (Å²) in [6, 6.07) is 7.82. The molecule has 2 aliphatic rings. The Bertz CT molecular complexity index is 1160. The first-order valence-electron chi connectivity index (χ1n) is 12.9. The van der Waals surface area contributed by atoms with E-state index in [1.54, 1.807) is 11.1 Å². The van der Waals surface area contributed by atoms with Crippen molar-refractivity contribution in [2.75, 3.05) is 25.5 Å². The van der Waals surface area contributed by atoms with E-state index in [4.69, 9.17) is 14.5 Å². The Hall–Kier alpha value is -3.62. The lowest BCUT2D eigenvalue weighted by Gasteiger charge is -2.39. The minimum atomic E-state index is -0.580. The SMILES string of the molecule is Cc1c(NC(=O)OC(C)(C)C)ccc2c1COC(N1CCCC[C@H]1C(=O)N(C)CCc1cccnc1)=N2. The van der Waals surface area contributed by atoms with E-state index in [-0.39, 0.29) is 11.9 Å². The molecule has 1 saturated heterocycles. The van der Waals surface area contributed by atoms with Crippen LogP contribution >= 0.6 is 0 Å². The molecule has 0 saturated carbocycles. The fraction of sp³-hybridized carbons (Fsp3) is 0.500. The number of pyridine rings is 1. The molecule has 1 atom stereocenters. The number of carbonyl (C=O) groups is 2. The number of anilines is 1. The molecule has 4 rings (SSSR count). The smallest absolute Gasteiger partial charge is 0.412 e. The molecular weight excluding hydrogens is 470 g/mol. The highest BCUT2D eigenvalue weighted by molar-refractivity contribution is 5.90. The summed E-state index contributed by atoms with van der Waals surface area (Å²) in [5, 5.41) is 2.82. The Labute approximate surface area is 218 Å². The number of aromatic nitrogens is 1. The zero-order valence-electron chi connectivity index (χ0n) is 22.4. The summed E-state index contributed by atoms with van der Waals surface area (Å²) >= 11 is 0. The van der Waals surface area contributed by atoms with Crippen molar-refractivity contribution in [1.29, 1.82) is 0 Å². The number of amides is 2. The van der Waals surface area contributed by atoms with Crippen molar-refractivity contribution in [2.45, 2.75) is 71.6 Å². The molecule has 37 heavy (non-hydrogen) atoms. The number of aliphatic imine (C=N–C) groups is 1. The van der Waals surface area contributed by atoms with Gasteiger partial charge in [0.2, 0.25) is 5.91 Å². The second-order valence-corrected chi connectivity index (χ2v) is 10.6. The second-order valence-electron chi connectivity index (χ2n) is 10.6. The number of likely N-dealkylation sites (N-methyl/N-ethyl adjacent to an activating group) is 1. The highest BCUT2D eigenvalue weighted by atomic mass is 16.6. The van der Waals surface area contributed by atoms with Gasteiger partial charge in [-0.05, 0) is 82.7 Å². The predicted octanol–water partition coefficient (Wildman–Crippen LogP) is 4.81. The lowest BCUT2D eigenvalue weighted by atomic mass is 10.0. The van der Waals surface area contributed by atoms with Crippen molar-refractivity contribution in [3.63, 3.8) is 0 Å². The molecule has 0 radical (unpaired) electrons. The van der Waals surface area contributed by atoms with Crippen molar-refractivity contribution < 1.29 is 19.1 Å². The van der Waals surface area contributed by atoms with Crippen LogP contribution in [0.4, 0.5) is 16.2 Å². The van der Waals surface area contributed by atoms with Crippen molar-refractivity contribution in [2.24, 2.45) is 4.99 Å². The van der Waals surface area contributed by atoms with Crippen LogP contribution in [-0.4, -0.2) is 64.6 Å². The molecule has 0 bridgehead atoms. The average Bonchev–Trinajstić information content (AvgIpc) is 2.88. The quantitative estimate of drug-likeness (QED) is 0.624. The van der Waals surface area contributed by atoms with Crippen LogP contribution < -0.4 is 5.32 Å². The minimum Gasteiger partial charge on any atom is -0.460 e. The minimum absolute atomic E-state index is 0.0776. The van der Waals surface area contributed by atoms with E-state index < -0.39 is 11.7 Å². The molecule has 1 aromatic heterocycles. The molecule has 9 nitrogen and oxygen atoms in total. The number of rotatable bonds is 5. The standard InChI is InChI=1S/C28H37N5O4/c1-19-21-18-36-26(30-23(21)12-11-22(19)31-27(35)37-28(2,3)4)33-15-7-6-10-24(33)25(34)32(5)16-13-20-9-8-14-29-17-20/h8-9,11-12,14,17,24H,6-7,10,13,15-16,18H2,1-5H3,(H,31,35)/t24-/m0/s1. The number of amidine groups is 1. The lowest BCUT2D eigenvalue weighted by Crippen LogP contribution is -2.53. The zero-order chi connectivity index (χ0) is 26.6. The number of likely N-dealkylation sites (tertiary alicyclic amines) is 1. The molecule has 2 amide bonds. The fourth-order valence-corrected chi connectivity index (χ4v) is 4.62. The summed E-state index contributed by atoms with van der Waals surface area (Å²) in [4.78, 5) is 38.4. The first-order chi connectivity index (χ1) is 17.6. The Morgan fingerprint density at radius 3 is 2.78 bits per heavy atom. The van der Waals surface area contributed by atoms with Crippen LogP contribution in [0.1, 0.15) is 56.7 Å². The van der Waals surface area contributed by atoms with E-state index in [2.05, 4.69) is 10.3 Å². The predicted molar refractivity (Wildman–Crippen MR) is 143 cm³/mol. The van der Waals surface area contributed by atoms with E-state index in [0.29, 0.717) is 24.9 Å². The van der Waals surface area contributed by atoms with Gasteiger partial charge in [-0.25, -0.2) is 4.79 Å². The third kappa shape index (κ3) is 6.58. The number of piperidine rings is 1. The molecule has 3 heterocycles. The van der Waals surface area contributed by atoms with Crippen molar-refractivity contribution in [1.82, 2.24) is 14.8 Å². The highest BCUT2D eigenvalue weighted by Gasteiger charge is 2.35. The molecule has 0 aliphatic carbocycles. The Morgan fingerprint density at radius 1 is 1.24 bits per heavy atom. The Kier molecular flexibility index (Phi) is 8.00. The number of benzene rings is 1. The number of hydrogen-bond acceptors (Lipinski definition) is 7. The van der Waals surface area contributed by atoms with Gasteiger partial charge in [-0.15, -0.1) is 0 Å². The maximum Gasteiger partial charge on any atom is 0.412 e. The monoisotopic (exact) mass is 507 g/mol. The summed E-state index contributed by atoms with van der Waals surface area (Å²) in [7, 11) is 1.85. The summed E-state index contributed by atoms with van der Waals surface area (Å²) in [6.07, 6.45) is 6.58. The molecule has 1 N–H and O–H groups in total. The topological polar surface area (TPSA) is 96.4 Å². The van der Waals surface area contributed by atoms with Gasteiger partial charge in [-0.3, -0.25) is 15.1 Å². The number of hydrogen-bond donors (Lipinski definition) is 1. The van der Waals surface area contributed by atoms with E-state index in [9.17, 15) is 9.59 Å². The molecule has 9 heteroatoms. The van der Waals surface area contributed by atoms with Gasteiger partial charge in [0.25, 0.3) is 6.02 Å². The van der Waals surface area contributed by atoms with Gasteiger partial charge >= 0.3 is 6.09 Å². The van der Waals surface area contributed by atoms with E-state index >= 15 is 0 Å². The van der Waals surface area contributed by atoms with E-state index in [1.807, 2.05) is 70.1 Å². The molecule has 2 aliphatic heterocycles. The van der Waals surface area contributed by atoms with Crippen molar-refractivity contribution in [3.05, 3.63) is 53.3 Å². The van der Waals surface area contributed by atoms with Gasteiger partial charge in [0.05, 0.1) is 5.69 Å². The molecule has 1 fully saturated rings. The van der Waals surface area contributed by atoms with Gasteiger partial charge in [-0.2, -0.15) is 4.99 Å². The highest BCUT2D eigenvalue weighted by Crippen LogP contribution is 2.34. The van der Waals surface area contributed by atoms with Crippen LogP contribution in [0.2, 0.25) is 0 Å². The van der Waals surface area contributed by atoms with Crippen LogP contribution in [0.5, 0.6) is 0 Å². The largest absolute Gasteiger partial charge is 0.460 e. The maximum absolute atomic E-state index is 13.4. The number of carbonyl (C=O) groups excluding carboxylic acids is 2. The van der Waals surface area contributed by atoms with Gasteiger partial charge < -0.3 is 19.3 Å². The molecular formula is C28H37N5O4. The Balaban J connectivity index is 1.47. The van der Waals surface area contributed by atoms with Crippen LogP contribution in [0.15, 0.2) is 41.7 Å². The summed E-state index contributed by atoms with van der Waals surface area (Å²) in [5.74, 6) is 0.0776. The van der Waals surface area contributed by atoms with Gasteiger partial charge in [0.15, 0.2) is 0 Å². The summed E-state index contributed by atoms with van der Waals surface area (Å²) < 4.78 is 11.5. The van der Waals surface area contributed by atoms with Crippen molar-refractivity contribution in [3.8, 4) is 0 Å². The number of ether oxygens (including phenoxy) is 2. The van der Waals surface area contributed by atoms with Crippen LogP contribution in [0, 0.1) is 6.92 Å². The third-order valence-electron chi connectivity index (χ3n) is 6.64. The van der Waals surface area contributed by atoms with Crippen molar-refractivity contribution >= 4 is 29.4 Å². The fourth-order valence-electron chi connectivity index (χ4n) is 4.62. The maximum atomic E-state index is 13.4. The number of nitrogens with one attached hydrogen (secondary N) is 1. The van der Waals surface area contributed by atoms with Gasteiger partial charge in [0.1, 0.15) is 18.2 Å². The summed E-state index contributed by atoms with van der Waals surface area (Å²) in [5.41, 5.74) is 3.77. The normalized spacial score (nSPS) is 17.3. The second kappa shape index (κ2) is 11.2. The average molecular weight is 508 g/mol. The number of nitrogens with zero attached hydrogens (tertiary/aromatic N) is 4. The van der Waals surface area contributed by atoms with Crippen LogP contribution in [0.25, 0.3) is 0 Å². The first-order valence-corrected chi connectivity index (χ1v) is 12.9. The molecule has 0 unspecified atom stereocenters. The number of fused-ring (bicyclic) bond motifs is 1.